The van der Waals surface area contributed by atoms with Crippen molar-refractivity contribution in [1.82, 2.24) is 0 Å². The summed E-state index contributed by atoms with van der Waals surface area (Å²) in [5, 5.41) is 0. The molecule has 0 spiro atoms. The van der Waals surface area contributed by atoms with E-state index in [0.717, 1.165) is 6.42 Å². The first kappa shape index (κ1) is 18.3. The third-order valence-electron chi connectivity index (χ3n) is 4.63. The van der Waals surface area contributed by atoms with E-state index in [0.29, 0.717) is 0 Å². The number of benzene rings is 2. The Morgan fingerprint density at radius 2 is 1.52 bits per heavy atom. The van der Waals surface area contributed by atoms with Gasteiger partial charge in [0.25, 0.3) is 0 Å². The van der Waals surface area contributed by atoms with Gasteiger partial charge in [-0.15, -0.1) is 5.56 Å². The second kappa shape index (κ2) is 9.87. The Bertz CT molecular complexity index is 715. The maximum Gasteiger partial charge on any atom is -0.0253 e. The average molecular weight is 491 g/mol. The van der Waals surface area contributed by atoms with Crippen LogP contribution in [0.15, 0.2) is 72.8 Å². The van der Waals surface area contributed by atoms with E-state index in [2.05, 4.69) is 42.5 Å². The van der Waals surface area contributed by atoms with Crippen LogP contribution >= 0.6 is 0 Å². The van der Waals surface area contributed by atoms with E-state index in [9.17, 15) is 0 Å². The van der Waals surface area contributed by atoms with E-state index in [1.54, 1.807) is 0 Å². The minimum Gasteiger partial charge on any atom is -0.214 e. The molecule has 0 aromatic heterocycles. The molecule has 3 aromatic rings. The Labute approximate surface area is 166 Å². The van der Waals surface area contributed by atoms with Crippen molar-refractivity contribution in [3.63, 3.8) is 0 Å². The van der Waals surface area contributed by atoms with Crippen molar-refractivity contribution in [1.29, 1.82) is 0 Å². The van der Waals surface area contributed by atoms with E-state index >= 15 is 0 Å². The third-order valence-corrected chi connectivity index (χ3v) is 6.43. The topological polar surface area (TPSA) is 0 Å². The summed E-state index contributed by atoms with van der Waals surface area (Å²) >= 11 is 1.37. The van der Waals surface area contributed by atoms with Gasteiger partial charge in [-0.05, 0) is 6.42 Å². The van der Waals surface area contributed by atoms with Crippen molar-refractivity contribution in [3.05, 3.63) is 90.0 Å². The Balaban J connectivity index is 0.000000127. The second-order valence-electron chi connectivity index (χ2n) is 6.52. The van der Waals surface area contributed by atoms with E-state index in [4.69, 9.17) is 0 Å². The summed E-state index contributed by atoms with van der Waals surface area (Å²) in [5.74, 6) is 0. The molecule has 1 saturated carbocycles. The van der Waals surface area contributed by atoms with Gasteiger partial charge in [0.1, 0.15) is 0 Å². The van der Waals surface area contributed by atoms with Gasteiger partial charge in [-0.3, -0.25) is 0 Å². The average Bonchev–Trinajstić information content (AvgIpc) is 3.34. The van der Waals surface area contributed by atoms with Crippen LogP contribution in [-0.4, -0.2) is 3.26 Å². The van der Waals surface area contributed by atoms with Crippen LogP contribution in [0.3, 0.4) is 0 Å². The minimum atomic E-state index is 1.05. The number of fused-ring (bicyclic) bond motifs is 3. The molecular weight excluding hydrogens is 467 g/mol. The minimum absolute atomic E-state index is 1.05. The molecule has 0 amide bonds. The van der Waals surface area contributed by atoms with Gasteiger partial charge >= 0.3 is 59.3 Å². The molecule has 1 fully saturated rings. The molecule has 3 aromatic carbocycles. The SMILES string of the molecule is [Hf+2]=[C]1CCCCC1.[c-]1cccc2c1Cc1ccccc1-2.c1cc[cH-]c1. The van der Waals surface area contributed by atoms with Crippen molar-refractivity contribution >= 4 is 3.26 Å². The van der Waals surface area contributed by atoms with Crippen LogP contribution in [0.4, 0.5) is 0 Å². The number of hydrogen-bond acceptors (Lipinski definition) is 0. The summed E-state index contributed by atoms with van der Waals surface area (Å²) in [7, 11) is 0. The summed E-state index contributed by atoms with van der Waals surface area (Å²) in [6.07, 6.45) is 8.44. The first-order valence-electron chi connectivity index (χ1n) is 9.15. The third kappa shape index (κ3) is 5.51. The van der Waals surface area contributed by atoms with Crippen molar-refractivity contribution in [2.24, 2.45) is 0 Å². The molecule has 124 valence electrons. The van der Waals surface area contributed by atoms with Gasteiger partial charge in [-0.25, -0.2) is 12.1 Å². The van der Waals surface area contributed by atoms with Gasteiger partial charge in [0.15, 0.2) is 0 Å². The van der Waals surface area contributed by atoms with Gasteiger partial charge in [0.05, 0.1) is 0 Å². The van der Waals surface area contributed by atoms with Crippen molar-refractivity contribution in [3.8, 4) is 11.1 Å². The van der Waals surface area contributed by atoms with E-state index < -0.39 is 0 Å². The number of hydrogen-bond donors (Lipinski definition) is 0. The molecule has 25 heavy (non-hydrogen) atoms. The standard InChI is InChI=1S/C13H9.C6H10.C5H5.Hf/c1-3-7-12-10(5-1)9-11-6-2-4-8-13(11)12;1-2-4-6-5-3-1;1-2-4-5-3-1;/h1-5,7-8H,9H2;1-5H2;1-5H;/q-1;;-1;+2. The molecule has 2 aliphatic rings. The van der Waals surface area contributed by atoms with Gasteiger partial charge in [-0.2, -0.15) is 48.0 Å². The predicted molar refractivity (Wildman–Crippen MR) is 104 cm³/mol. The summed E-state index contributed by atoms with van der Waals surface area (Å²) in [6, 6.07) is 28.1. The molecule has 2 aliphatic carbocycles. The van der Waals surface area contributed by atoms with Crippen LogP contribution in [0.5, 0.6) is 0 Å². The fourth-order valence-corrected chi connectivity index (χ4v) is 4.57. The van der Waals surface area contributed by atoms with Crippen molar-refractivity contribution in [2.75, 3.05) is 0 Å². The first-order valence-corrected chi connectivity index (χ1v) is 10.9. The van der Waals surface area contributed by atoms with Crippen LogP contribution in [0.25, 0.3) is 11.1 Å². The maximum absolute atomic E-state index is 3.30. The van der Waals surface area contributed by atoms with Gasteiger partial charge in [-0.1, -0.05) is 35.4 Å². The monoisotopic (exact) mass is 492 g/mol. The van der Waals surface area contributed by atoms with E-state index in [1.807, 2.05) is 39.7 Å². The molecule has 5 rings (SSSR count). The maximum atomic E-state index is 3.30. The first-order chi connectivity index (χ1) is 12.3. The van der Waals surface area contributed by atoms with Crippen LogP contribution in [0, 0.1) is 6.07 Å². The normalized spacial score (nSPS) is 14.4. The fraction of sp³-hybridized carbons (Fsp3) is 0.250. The molecule has 0 atom stereocenters. The Kier molecular flexibility index (Phi) is 7.23. The Morgan fingerprint density at radius 3 is 2.16 bits per heavy atom. The van der Waals surface area contributed by atoms with Crippen LogP contribution in [0.1, 0.15) is 43.2 Å². The summed E-state index contributed by atoms with van der Waals surface area (Å²) in [4.78, 5) is 0. The second-order valence-corrected chi connectivity index (χ2v) is 9.06. The van der Waals surface area contributed by atoms with Gasteiger partial charge < -0.3 is 0 Å². The predicted octanol–water partition coefficient (Wildman–Crippen LogP) is 6.13. The van der Waals surface area contributed by atoms with Crippen LogP contribution in [0.2, 0.25) is 0 Å². The zero-order valence-electron chi connectivity index (χ0n) is 14.7. The molecule has 0 unspecified atom stereocenters. The molecular formula is C24H24Hf. The van der Waals surface area contributed by atoms with Crippen molar-refractivity contribution < 1.29 is 23.9 Å². The molecule has 0 bridgehead atoms. The fourth-order valence-electron chi connectivity index (χ4n) is 3.30. The van der Waals surface area contributed by atoms with Crippen LogP contribution in [-0.2, 0) is 30.3 Å². The number of rotatable bonds is 0. The van der Waals surface area contributed by atoms with Gasteiger partial charge in [0.2, 0.25) is 0 Å². The zero-order chi connectivity index (χ0) is 17.3. The largest absolute Gasteiger partial charge is 0.214 e. The van der Waals surface area contributed by atoms with Crippen molar-refractivity contribution in [2.45, 2.75) is 38.5 Å². The smallest absolute Gasteiger partial charge is 0.0253 e. The zero-order valence-corrected chi connectivity index (χ0v) is 18.3. The Hall–Kier alpha value is -1.47. The Morgan fingerprint density at radius 1 is 0.800 bits per heavy atom. The molecule has 0 saturated heterocycles. The molecule has 0 heterocycles. The van der Waals surface area contributed by atoms with E-state index in [-0.39, 0.29) is 0 Å². The summed E-state index contributed by atoms with van der Waals surface area (Å²) in [6.45, 7) is 0. The molecule has 0 aliphatic heterocycles. The summed E-state index contributed by atoms with van der Waals surface area (Å²) < 4.78 is 1.85. The molecule has 0 nitrogen and oxygen atoms in total. The summed E-state index contributed by atoms with van der Waals surface area (Å²) in [5.41, 5.74) is 5.51. The van der Waals surface area contributed by atoms with Gasteiger partial charge in [0, 0.05) is 0 Å². The molecule has 1 heteroatoms. The quantitative estimate of drug-likeness (QED) is 0.205. The van der Waals surface area contributed by atoms with E-state index in [1.165, 1.54) is 78.3 Å². The molecule has 0 N–H and O–H groups in total. The molecule has 0 radical (unpaired) electrons. The van der Waals surface area contributed by atoms with Crippen LogP contribution < -0.4 is 0 Å².